The SMILES string of the molecule is Cc1cccc(C)c1C(P)(c1c(C)cccc1C)N(C(P)(c1c(C)cccc1C)c1c(C)cccc1C)C(P)(c1c(C)cccc1C)c1c(C)cccc1C. The van der Waals surface area contributed by atoms with Crippen LogP contribution >= 0.6 is 27.7 Å². The first-order chi connectivity index (χ1) is 25.9. The molecule has 55 heavy (non-hydrogen) atoms. The van der Waals surface area contributed by atoms with E-state index in [4.69, 9.17) is 0 Å². The summed E-state index contributed by atoms with van der Waals surface area (Å²) in [5.74, 6) is 0. The Kier molecular flexibility index (Phi) is 11.6. The quantitative estimate of drug-likeness (QED) is 0.132. The Bertz CT molecular complexity index is 1880. The molecule has 0 aromatic heterocycles. The van der Waals surface area contributed by atoms with Gasteiger partial charge in [-0.25, -0.2) is 0 Å². The molecule has 0 spiro atoms. The van der Waals surface area contributed by atoms with E-state index in [2.05, 4.69) is 225 Å². The van der Waals surface area contributed by atoms with Crippen LogP contribution in [0.3, 0.4) is 0 Å². The molecule has 0 saturated heterocycles. The van der Waals surface area contributed by atoms with Crippen LogP contribution < -0.4 is 0 Å². The molecule has 0 N–H and O–H groups in total. The Balaban J connectivity index is 2.08. The number of nitrogens with zero attached hydrogens (tertiary/aromatic N) is 1. The van der Waals surface area contributed by atoms with Gasteiger partial charge < -0.3 is 0 Å². The molecule has 3 atom stereocenters. The van der Waals surface area contributed by atoms with E-state index in [1.54, 1.807) is 0 Å². The van der Waals surface area contributed by atoms with Crippen molar-refractivity contribution in [3.63, 3.8) is 0 Å². The average Bonchev–Trinajstić information content (AvgIpc) is 3.08. The number of aryl methyl sites for hydroxylation is 12. The van der Waals surface area contributed by atoms with Crippen LogP contribution in [0.4, 0.5) is 0 Å². The molecule has 3 unspecified atom stereocenters. The molecule has 1 nitrogen and oxygen atoms in total. The normalized spacial score (nSPS) is 12.4. The van der Waals surface area contributed by atoms with Crippen molar-refractivity contribution in [1.29, 1.82) is 0 Å². The maximum Gasteiger partial charge on any atom is 0.0890 e. The minimum absolute atomic E-state index is 0.804. The van der Waals surface area contributed by atoms with Crippen molar-refractivity contribution >= 4 is 27.7 Å². The minimum atomic E-state index is -0.804. The Morgan fingerprint density at radius 1 is 0.255 bits per heavy atom. The topological polar surface area (TPSA) is 3.24 Å². The van der Waals surface area contributed by atoms with Gasteiger partial charge in [0.2, 0.25) is 0 Å². The molecule has 0 saturated carbocycles. The predicted octanol–water partition coefficient (Wildman–Crippen LogP) is 13.3. The van der Waals surface area contributed by atoms with Gasteiger partial charge in [0.25, 0.3) is 0 Å². The second kappa shape index (κ2) is 15.5. The van der Waals surface area contributed by atoms with E-state index in [0.29, 0.717) is 0 Å². The Labute approximate surface area is 339 Å². The van der Waals surface area contributed by atoms with Gasteiger partial charge in [-0.15, -0.1) is 27.7 Å². The van der Waals surface area contributed by atoms with E-state index in [1.807, 2.05) is 0 Å². The highest BCUT2D eigenvalue weighted by molar-refractivity contribution is 7.21. The highest BCUT2D eigenvalue weighted by atomic mass is 31.0. The van der Waals surface area contributed by atoms with Crippen molar-refractivity contribution in [3.05, 3.63) is 209 Å². The van der Waals surface area contributed by atoms with Gasteiger partial charge in [0.15, 0.2) is 0 Å². The van der Waals surface area contributed by atoms with Gasteiger partial charge in [-0.3, -0.25) is 4.90 Å². The number of hydrogen-bond acceptors (Lipinski definition) is 1. The molecule has 6 aromatic rings. The van der Waals surface area contributed by atoms with Crippen molar-refractivity contribution in [3.8, 4) is 0 Å². The smallest absolute Gasteiger partial charge is 0.0890 e. The van der Waals surface area contributed by atoms with Crippen molar-refractivity contribution in [2.75, 3.05) is 0 Å². The molecule has 0 aliphatic carbocycles. The Hall–Kier alpha value is -3.43. The highest BCUT2D eigenvalue weighted by Gasteiger charge is 2.60. The minimum Gasteiger partial charge on any atom is -0.252 e. The molecule has 0 radical (unpaired) electrons. The third-order valence-corrected chi connectivity index (χ3v) is 14.7. The maximum atomic E-state index is 3.60. The van der Waals surface area contributed by atoms with Gasteiger partial charge in [0, 0.05) is 0 Å². The van der Waals surface area contributed by atoms with Gasteiger partial charge in [0.05, 0.1) is 15.8 Å². The van der Waals surface area contributed by atoms with Crippen LogP contribution in [0.25, 0.3) is 0 Å². The number of rotatable bonds is 9. The summed E-state index contributed by atoms with van der Waals surface area (Å²) >= 11 is 0. The van der Waals surface area contributed by atoms with Crippen molar-refractivity contribution in [2.45, 2.75) is 98.9 Å². The van der Waals surface area contributed by atoms with E-state index in [0.717, 1.165) is 0 Å². The summed E-state index contributed by atoms with van der Waals surface area (Å²) in [6.07, 6.45) is 0. The zero-order valence-electron chi connectivity index (χ0n) is 35.1. The first-order valence-corrected chi connectivity index (χ1v) is 21.2. The van der Waals surface area contributed by atoms with Crippen molar-refractivity contribution in [2.24, 2.45) is 0 Å². The van der Waals surface area contributed by atoms with E-state index < -0.39 is 15.8 Å². The van der Waals surface area contributed by atoms with Crippen LogP contribution in [0.1, 0.15) is 100 Å². The molecule has 0 heterocycles. The highest BCUT2D eigenvalue weighted by Crippen LogP contribution is 2.66. The van der Waals surface area contributed by atoms with Crippen molar-refractivity contribution < 1.29 is 0 Å². The van der Waals surface area contributed by atoms with Crippen LogP contribution in [0.5, 0.6) is 0 Å². The fraction of sp³-hybridized carbons (Fsp3) is 0.294. The fourth-order valence-corrected chi connectivity index (χ4v) is 14.8. The first kappa shape index (κ1) is 41.2. The molecule has 0 bridgehead atoms. The molecule has 0 aliphatic heterocycles. The summed E-state index contributed by atoms with van der Waals surface area (Å²) in [5.41, 5.74) is 22.9. The molecule has 284 valence electrons. The number of benzene rings is 6. The molecule has 4 heteroatoms. The summed E-state index contributed by atoms with van der Waals surface area (Å²) in [6.45, 7) is 27.6. The van der Waals surface area contributed by atoms with E-state index in [-0.39, 0.29) is 0 Å². The molecule has 6 rings (SSSR count). The first-order valence-electron chi connectivity index (χ1n) is 19.5. The molecular weight excluding hydrogens is 719 g/mol. The standard InChI is InChI=1S/C51H60NP3/c1-31-19-13-20-32(2)43(31)49(53,44-33(3)21-14-22-34(44)4)52(50(54,45-35(5)23-15-24-36(45)6)46-37(7)25-16-26-38(46)8)51(55,47-39(9)27-17-28-40(47)10)48-41(11)29-18-30-42(48)12/h13-30H,53-55H2,1-12H3. The fourth-order valence-electron chi connectivity index (χ4n) is 10.4. The van der Waals surface area contributed by atoms with E-state index >= 15 is 0 Å². The van der Waals surface area contributed by atoms with Gasteiger partial charge in [-0.05, 0) is 183 Å². The summed E-state index contributed by atoms with van der Waals surface area (Å²) in [4.78, 5) is 2.92. The van der Waals surface area contributed by atoms with Gasteiger partial charge in [-0.2, -0.15) is 0 Å². The zero-order valence-corrected chi connectivity index (χ0v) is 38.5. The summed E-state index contributed by atoms with van der Waals surface area (Å²) in [7, 11) is 10.8. The van der Waals surface area contributed by atoms with Gasteiger partial charge >= 0.3 is 0 Å². The van der Waals surface area contributed by atoms with Crippen LogP contribution in [0.2, 0.25) is 0 Å². The largest absolute Gasteiger partial charge is 0.252 e. The Morgan fingerprint density at radius 3 is 0.473 bits per heavy atom. The number of hydrogen-bond donors (Lipinski definition) is 0. The van der Waals surface area contributed by atoms with Gasteiger partial charge in [-0.1, -0.05) is 109 Å². The summed E-state index contributed by atoms with van der Waals surface area (Å²) < 4.78 is 0. The monoisotopic (exact) mass is 779 g/mol. The summed E-state index contributed by atoms with van der Waals surface area (Å²) in [5, 5.41) is -2.41. The molecule has 0 fully saturated rings. The molecule has 6 aromatic carbocycles. The van der Waals surface area contributed by atoms with Crippen LogP contribution in [-0.2, 0) is 15.8 Å². The zero-order chi connectivity index (χ0) is 40.2. The van der Waals surface area contributed by atoms with Crippen LogP contribution in [0.15, 0.2) is 109 Å². The second-order valence-electron chi connectivity index (χ2n) is 16.2. The third kappa shape index (κ3) is 6.59. The molecule has 0 amide bonds. The summed E-state index contributed by atoms with van der Waals surface area (Å²) in [6, 6.07) is 40.9. The van der Waals surface area contributed by atoms with Gasteiger partial charge in [0.1, 0.15) is 0 Å². The second-order valence-corrected chi connectivity index (χ2v) is 18.7. The molecular formula is C51H60NP3. The third-order valence-electron chi connectivity index (χ3n) is 12.2. The lowest BCUT2D eigenvalue weighted by Gasteiger charge is -2.62. The lowest BCUT2D eigenvalue weighted by Crippen LogP contribution is -2.62. The van der Waals surface area contributed by atoms with E-state index in [9.17, 15) is 0 Å². The lowest BCUT2D eigenvalue weighted by molar-refractivity contribution is 0.0664. The van der Waals surface area contributed by atoms with E-state index in [1.165, 1.54) is 100 Å². The lowest BCUT2D eigenvalue weighted by atomic mass is 9.75. The average molecular weight is 780 g/mol. The predicted molar refractivity (Wildman–Crippen MR) is 249 cm³/mol. The Morgan fingerprint density at radius 2 is 0.364 bits per heavy atom. The van der Waals surface area contributed by atoms with Crippen LogP contribution in [-0.4, -0.2) is 4.90 Å². The molecule has 0 aliphatic rings. The van der Waals surface area contributed by atoms with Crippen LogP contribution in [0, 0.1) is 83.1 Å². The van der Waals surface area contributed by atoms with Crippen molar-refractivity contribution in [1.82, 2.24) is 4.90 Å². The maximum absolute atomic E-state index is 3.60.